The molecule has 0 amide bonds. The topological polar surface area (TPSA) is 48.1 Å². The normalized spacial score (nSPS) is 22.5. The third kappa shape index (κ3) is 8.22. The zero-order valence-corrected chi connectivity index (χ0v) is 27.2. The minimum Gasteiger partial charge on any atom is -0.314 e. The van der Waals surface area contributed by atoms with Gasteiger partial charge in [0.05, 0.1) is 0 Å². The van der Waals surface area contributed by atoms with Gasteiger partial charge in [-0.1, -0.05) is 47.7 Å². The SMILES string of the molecule is CCC(C)(C)P(Cc1cc[cH-]c1C(P)(C1CNCCN1)C1CNCCN1)C(C)(C)CC.[Fe+2].c1cc[cH-]c1. The molecular weight excluding hydrogens is 534 g/mol. The molecule has 2 aromatic carbocycles. The second-order valence-electron chi connectivity index (χ2n) is 11.7. The van der Waals surface area contributed by atoms with E-state index >= 15 is 0 Å². The van der Waals surface area contributed by atoms with Gasteiger partial charge in [-0.2, -0.15) is 41.5 Å². The molecule has 0 aromatic heterocycles. The van der Waals surface area contributed by atoms with Crippen molar-refractivity contribution in [2.45, 2.75) is 88.1 Å². The molecule has 210 valence electrons. The van der Waals surface area contributed by atoms with E-state index in [4.69, 9.17) is 0 Å². The molecule has 4 nitrogen and oxygen atoms in total. The Morgan fingerprint density at radius 1 is 0.865 bits per heavy atom. The molecule has 37 heavy (non-hydrogen) atoms. The van der Waals surface area contributed by atoms with Gasteiger partial charge >= 0.3 is 17.1 Å². The van der Waals surface area contributed by atoms with E-state index < -0.39 is 0 Å². The fraction of sp³-hybridized carbons (Fsp3) is 0.667. The van der Waals surface area contributed by atoms with Crippen LogP contribution in [0, 0.1) is 0 Å². The summed E-state index contributed by atoms with van der Waals surface area (Å²) in [6, 6.07) is 17.9. The van der Waals surface area contributed by atoms with E-state index in [9.17, 15) is 0 Å². The van der Waals surface area contributed by atoms with Gasteiger partial charge in [0.1, 0.15) is 0 Å². The Bertz CT molecular complexity index is 817. The van der Waals surface area contributed by atoms with Crippen LogP contribution in [0.1, 0.15) is 65.5 Å². The maximum absolute atomic E-state index is 3.86. The molecule has 2 heterocycles. The van der Waals surface area contributed by atoms with Crippen molar-refractivity contribution in [1.29, 1.82) is 0 Å². The van der Waals surface area contributed by atoms with E-state index in [1.807, 2.05) is 30.3 Å². The van der Waals surface area contributed by atoms with Crippen molar-refractivity contribution in [2.75, 3.05) is 39.3 Å². The standard InChI is InChI=1S/C25H47N4P2.C5H5.Fe/c1-7-23(3,4)31(24(5,6)8-2)18-19-10-9-11-20(19)25(30,21-16-26-12-14-28-21)22-17-27-13-15-29-22;1-2-4-5-3-1;/h9-11,21-22,26-29H,7-8,12-18,30H2,1-6H3;1-5H;/q2*-1;+2. The molecule has 3 atom stereocenters. The van der Waals surface area contributed by atoms with Crippen molar-refractivity contribution in [2.24, 2.45) is 0 Å². The Balaban J connectivity index is 0.000000716. The molecule has 2 aliphatic rings. The number of piperazine rings is 2. The molecule has 0 aliphatic carbocycles. The van der Waals surface area contributed by atoms with E-state index in [2.05, 4.69) is 90.2 Å². The Labute approximate surface area is 241 Å². The molecule has 0 saturated carbocycles. The summed E-state index contributed by atoms with van der Waals surface area (Å²) >= 11 is 0. The molecule has 0 radical (unpaired) electrons. The second-order valence-corrected chi connectivity index (χ2v) is 16.2. The Morgan fingerprint density at radius 3 is 1.76 bits per heavy atom. The van der Waals surface area contributed by atoms with Crippen molar-refractivity contribution >= 4 is 17.2 Å². The predicted octanol–water partition coefficient (Wildman–Crippen LogP) is 5.36. The van der Waals surface area contributed by atoms with Crippen LogP contribution in [0.2, 0.25) is 0 Å². The van der Waals surface area contributed by atoms with E-state index in [0.717, 1.165) is 39.3 Å². The minimum absolute atomic E-state index is 0. The van der Waals surface area contributed by atoms with Gasteiger partial charge in [-0.05, 0) is 23.2 Å². The molecular formula is C30H52FeN4P2. The smallest absolute Gasteiger partial charge is 0.314 e. The van der Waals surface area contributed by atoms with Crippen molar-refractivity contribution < 1.29 is 17.1 Å². The number of rotatable bonds is 9. The molecule has 0 bridgehead atoms. The third-order valence-electron chi connectivity index (χ3n) is 8.68. The fourth-order valence-corrected chi connectivity index (χ4v) is 10.4. The summed E-state index contributed by atoms with van der Waals surface area (Å²) in [5, 5.41) is 15.7. The summed E-state index contributed by atoms with van der Waals surface area (Å²) in [6.45, 7) is 21.0. The Kier molecular flexibility index (Phi) is 13.5. The monoisotopic (exact) mass is 586 g/mol. The van der Waals surface area contributed by atoms with Crippen LogP contribution < -0.4 is 21.3 Å². The Hall–Kier alpha value is -0.0805. The summed E-state index contributed by atoms with van der Waals surface area (Å²) in [4.78, 5) is 0. The van der Waals surface area contributed by atoms with Crippen molar-refractivity contribution in [3.8, 4) is 0 Å². The van der Waals surface area contributed by atoms with Gasteiger partial charge in [-0.3, -0.25) is 0 Å². The van der Waals surface area contributed by atoms with Crippen LogP contribution >= 0.6 is 17.2 Å². The van der Waals surface area contributed by atoms with Gasteiger partial charge in [-0.15, -0.1) is 17.2 Å². The zero-order chi connectivity index (χ0) is 26.2. The summed E-state index contributed by atoms with van der Waals surface area (Å²) in [5.41, 5.74) is 3.11. The number of hydrogen-bond acceptors (Lipinski definition) is 4. The van der Waals surface area contributed by atoms with Crippen LogP contribution in [-0.2, 0) is 28.4 Å². The van der Waals surface area contributed by atoms with Crippen molar-refractivity contribution in [1.82, 2.24) is 21.3 Å². The number of hydrogen-bond donors (Lipinski definition) is 4. The molecule has 0 spiro atoms. The summed E-state index contributed by atoms with van der Waals surface area (Å²) < 4.78 is 0. The zero-order valence-electron chi connectivity index (χ0n) is 24.0. The van der Waals surface area contributed by atoms with Crippen LogP contribution in [-0.4, -0.2) is 61.7 Å². The van der Waals surface area contributed by atoms with Gasteiger partial charge < -0.3 is 21.3 Å². The Morgan fingerprint density at radius 2 is 1.38 bits per heavy atom. The summed E-state index contributed by atoms with van der Waals surface area (Å²) in [5.74, 6) is 0. The third-order valence-corrected chi connectivity index (χ3v) is 14.0. The quantitative estimate of drug-likeness (QED) is 0.182. The van der Waals surface area contributed by atoms with Gasteiger partial charge in [0.25, 0.3) is 0 Å². The maximum atomic E-state index is 3.86. The average molecular weight is 587 g/mol. The average Bonchev–Trinajstić information content (AvgIpc) is 3.63. The van der Waals surface area contributed by atoms with Gasteiger partial charge in [0.15, 0.2) is 0 Å². The second kappa shape index (κ2) is 15.1. The fourth-order valence-electron chi connectivity index (χ4n) is 5.74. The summed E-state index contributed by atoms with van der Waals surface area (Å²) in [7, 11) is 3.16. The first kappa shape index (κ1) is 33.1. The van der Waals surface area contributed by atoms with E-state index in [1.54, 1.807) is 5.56 Å². The molecule has 4 rings (SSSR count). The molecule has 3 unspecified atom stereocenters. The first-order chi connectivity index (χ1) is 17.2. The van der Waals surface area contributed by atoms with Crippen LogP contribution in [0.25, 0.3) is 0 Å². The first-order valence-electron chi connectivity index (χ1n) is 14.0. The molecule has 4 N–H and O–H groups in total. The van der Waals surface area contributed by atoms with E-state index in [-0.39, 0.29) is 30.1 Å². The summed E-state index contributed by atoms with van der Waals surface area (Å²) in [6.07, 6.45) is 3.70. The van der Waals surface area contributed by atoms with Crippen LogP contribution in [0.15, 0.2) is 48.5 Å². The van der Waals surface area contributed by atoms with Crippen LogP contribution in [0.5, 0.6) is 0 Å². The van der Waals surface area contributed by atoms with E-state index in [0.29, 0.717) is 22.4 Å². The van der Waals surface area contributed by atoms with Crippen LogP contribution in [0.4, 0.5) is 0 Å². The predicted molar refractivity (Wildman–Crippen MR) is 164 cm³/mol. The molecule has 2 fully saturated rings. The van der Waals surface area contributed by atoms with Crippen molar-refractivity contribution in [3.05, 3.63) is 59.7 Å². The molecule has 7 heteroatoms. The van der Waals surface area contributed by atoms with Gasteiger partial charge in [-0.25, -0.2) is 18.2 Å². The van der Waals surface area contributed by atoms with Crippen LogP contribution in [0.3, 0.4) is 0 Å². The van der Waals surface area contributed by atoms with Gasteiger partial charge in [0.2, 0.25) is 0 Å². The molecule has 2 aliphatic heterocycles. The van der Waals surface area contributed by atoms with E-state index in [1.165, 1.54) is 24.6 Å². The van der Waals surface area contributed by atoms with Crippen molar-refractivity contribution in [3.63, 3.8) is 0 Å². The van der Waals surface area contributed by atoms with Gasteiger partial charge in [0, 0.05) is 56.5 Å². The number of nitrogens with one attached hydrogen (secondary N) is 4. The maximum Gasteiger partial charge on any atom is 2.00 e. The first-order valence-corrected chi connectivity index (χ1v) is 16.1. The molecule has 2 saturated heterocycles. The molecule has 2 aromatic rings. The minimum atomic E-state index is -0.178. The largest absolute Gasteiger partial charge is 2.00 e.